The summed E-state index contributed by atoms with van der Waals surface area (Å²) in [4.78, 5) is 21.8. The lowest BCUT2D eigenvalue weighted by atomic mass is 10.1. The molecule has 0 saturated carbocycles. The highest BCUT2D eigenvalue weighted by molar-refractivity contribution is 5.77. The monoisotopic (exact) mass is 242 g/mol. The van der Waals surface area contributed by atoms with Crippen molar-refractivity contribution in [1.82, 2.24) is 5.32 Å². The Labute approximate surface area is 104 Å². The topological polar surface area (TPSA) is 72.2 Å². The Balaban J connectivity index is 3.19. The van der Waals surface area contributed by atoms with Crippen LogP contribution in [0.1, 0.15) is 64.7 Å². The van der Waals surface area contributed by atoms with E-state index in [1.165, 1.54) is 32.1 Å². The SMILES string of the molecule is CCCCCCCCNC(=O)CCCC(N)=O. The van der Waals surface area contributed by atoms with E-state index in [4.69, 9.17) is 5.73 Å². The summed E-state index contributed by atoms with van der Waals surface area (Å²) in [5.41, 5.74) is 4.99. The number of carbonyl (C=O) groups excluding carboxylic acids is 2. The summed E-state index contributed by atoms with van der Waals surface area (Å²) in [6.07, 6.45) is 8.60. The van der Waals surface area contributed by atoms with Crippen LogP contribution in [0.3, 0.4) is 0 Å². The molecule has 0 bridgehead atoms. The van der Waals surface area contributed by atoms with Crippen LogP contribution in [0.2, 0.25) is 0 Å². The fraction of sp³-hybridized carbons (Fsp3) is 0.846. The fourth-order valence-electron chi connectivity index (χ4n) is 1.64. The number of rotatable bonds is 11. The van der Waals surface area contributed by atoms with Crippen LogP contribution in [0, 0.1) is 0 Å². The third-order valence-electron chi connectivity index (χ3n) is 2.68. The first-order valence-electron chi connectivity index (χ1n) is 6.71. The van der Waals surface area contributed by atoms with Gasteiger partial charge in [-0.15, -0.1) is 0 Å². The van der Waals surface area contributed by atoms with Crippen molar-refractivity contribution in [3.8, 4) is 0 Å². The molecule has 0 unspecified atom stereocenters. The Morgan fingerprint density at radius 1 is 0.941 bits per heavy atom. The minimum absolute atomic E-state index is 0.0276. The highest BCUT2D eigenvalue weighted by atomic mass is 16.2. The summed E-state index contributed by atoms with van der Waals surface area (Å²) in [5.74, 6) is -0.312. The fourth-order valence-corrected chi connectivity index (χ4v) is 1.64. The first-order chi connectivity index (χ1) is 8.16. The second-order valence-electron chi connectivity index (χ2n) is 4.44. The molecule has 0 spiro atoms. The highest BCUT2D eigenvalue weighted by Gasteiger charge is 2.01. The van der Waals surface area contributed by atoms with E-state index in [1.54, 1.807) is 0 Å². The van der Waals surface area contributed by atoms with Gasteiger partial charge < -0.3 is 11.1 Å². The van der Waals surface area contributed by atoms with E-state index in [0.717, 1.165) is 13.0 Å². The van der Waals surface area contributed by atoms with Gasteiger partial charge in [0.05, 0.1) is 0 Å². The van der Waals surface area contributed by atoms with Gasteiger partial charge in [0.15, 0.2) is 0 Å². The van der Waals surface area contributed by atoms with Crippen molar-refractivity contribution in [2.45, 2.75) is 64.7 Å². The van der Waals surface area contributed by atoms with E-state index < -0.39 is 0 Å². The molecule has 3 N–H and O–H groups in total. The van der Waals surface area contributed by atoms with Crippen LogP contribution < -0.4 is 11.1 Å². The third-order valence-corrected chi connectivity index (χ3v) is 2.68. The molecule has 100 valence electrons. The molecule has 0 aliphatic carbocycles. The zero-order valence-electron chi connectivity index (χ0n) is 11.0. The molecule has 0 aliphatic rings. The number of unbranched alkanes of at least 4 members (excludes halogenated alkanes) is 5. The Morgan fingerprint density at radius 2 is 1.59 bits per heavy atom. The molecule has 2 amide bonds. The van der Waals surface area contributed by atoms with Crippen LogP contribution in [0.5, 0.6) is 0 Å². The van der Waals surface area contributed by atoms with E-state index in [0.29, 0.717) is 19.3 Å². The predicted octanol–water partition coefficient (Wildman–Crippen LogP) is 2.12. The molecule has 0 heterocycles. The van der Waals surface area contributed by atoms with Crippen molar-refractivity contribution >= 4 is 11.8 Å². The van der Waals surface area contributed by atoms with Crippen molar-refractivity contribution in [2.75, 3.05) is 6.54 Å². The van der Waals surface area contributed by atoms with Gasteiger partial charge >= 0.3 is 0 Å². The molecular formula is C13H26N2O2. The Hall–Kier alpha value is -1.06. The second kappa shape index (κ2) is 11.4. The molecular weight excluding hydrogens is 216 g/mol. The van der Waals surface area contributed by atoms with Crippen LogP contribution in [-0.4, -0.2) is 18.4 Å². The van der Waals surface area contributed by atoms with E-state index in [-0.39, 0.29) is 11.8 Å². The normalized spacial score (nSPS) is 10.2. The van der Waals surface area contributed by atoms with Crippen molar-refractivity contribution in [2.24, 2.45) is 5.73 Å². The number of primary amides is 1. The largest absolute Gasteiger partial charge is 0.370 e. The lowest BCUT2D eigenvalue weighted by Gasteiger charge is -2.04. The molecule has 0 rings (SSSR count). The first kappa shape index (κ1) is 15.9. The average Bonchev–Trinajstić information content (AvgIpc) is 2.27. The molecule has 0 atom stereocenters. The molecule has 0 saturated heterocycles. The van der Waals surface area contributed by atoms with E-state index in [2.05, 4.69) is 12.2 Å². The molecule has 17 heavy (non-hydrogen) atoms. The van der Waals surface area contributed by atoms with Gasteiger partial charge in [-0.25, -0.2) is 0 Å². The first-order valence-corrected chi connectivity index (χ1v) is 6.71. The number of nitrogens with one attached hydrogen (secondary N) is 1. The van der Waals surface area contributed by atoms with Gasteiger partial charge in [-0.2, -0.15) is 0 Å². The Morgan fingerprint density at radius 3 is 2.24 bits per heavy atom. The summed E-state index contributed by atoms with van der Waals surface area (Å²) in [6, 6.07) is 0. The third kappa shape index (κ3) is 12.9. The molecule has 0 radical (unpaired) electrons. The molecule has 0 aliphatic heterocycles. The minimum atomic E-state index is -0.339. The molecule has 0 aromatic carbocycles. The van der Waals surface area contributed by atoms with Gasteiger partial charge in [-0.3, -0.25) is 9.59 Å². The van der Waals surface area contributed by atoms with Crippen LogP contribution >= 0.6 is 0 Å². The Kier molecular flexibility index (Phi) is 10.7. The molecule has 0 aromatic heterocycles. The predicted molar refractivity (Wildman–Crippen MR) is 69.4 cm³/mol. The summed E-state index contributed by atoms with van der Waals surface area (Å²) in [7, 11) is 0. The molecule has 0 aromatic rings. The quantitative estimate of drug-likeness (QED) is 0.545. The maximum atomic E-state index is 11.3. The lowest BCUT2D eigenvalue weighted by molar-refractivity contribution is -0.121. The van der Waals surface area contributed by atoms with E-state index >= 15 is 0 Å². The van der Waals surface area contributed by atoms with E-state index in [9.17, 15) is 9.59 Å². The van der Waals surface area contributed by atoms with E-state index in [1.807, 2.05) is 0 Å². The number of carbonyl (C=O) groups is 2. The number of hydrogen-bond acceptors (Lipinski definition) is 2. The highest BCUT2D eigenvalue weighted by Crippen LogP contribution is 2.04. The average molecular weight is 242 g/mol. The van der Waals surface area contributed by atoms with Gasteiger partial charge in [0.2, 0.25) is 11.8 Å². The van der Waals surface area contributed by atoms with Crippen LogP contribution in [-0.2, 0) is 9.59 Å². The maximum absolute atomic E-state index is 11.3. The van der Waals surface area contributed by atoms with Crippen molar-refractivity contribution in [3.05, 3.63) is 0 Å². The molecule has 4 nitrogen and oxygen atoms in total. The molecule has 4 heteroatoms. The summed E-state index contributed by atoms with van der Waals surface area (Å²) in [6.45, 7) is 2.95. The summed E-state index contributed by atoms with van der Waals surface area (Å²) >= 11 is 0. The smallest absolute Gasteiger partial charge is 0.220 e. The number of amides is 2. The zero-order chi connectivity index (χ0) is 12.9. The van der Waals surface area contributed by atoms with Gasteiger partial charge in [0.25, 0.3) is 0 Å². The summed E-state index contributed by atoms with van der Waals surface area (Å²) in [5, 5.41) is 2.86. The number of nitrogens with two attached hydrogens (primary N) is 1. The van der Waals surface area contributed by atoms with Crippen molar-refractivity contribution in [1.29, 1.82) is 0 Å². The van der Waals surface area contributed by atoms with Gasteiger partial charge in [0, 0.05) is 19.4 Å². The van der Waals surface area contributed by atoms with Crippen LogP contribution in [0.4, 0.5) is 0 Å². The van der Waals surface area contributed by atoms with Gasteiger partial charge in [-0.1, -0.05) is 39.0 Å². The zero-order valence-corrected chi connectivity index (χ0v) is 11.0. The number of hydrogen-bond donors (Lipinski definition) is 2. The van der Waals surface area contributed by atoms with Crippen LogP contribution in [0.15, 0.2) is 0 Å². The van der Waals surface area contributed by atoms with Gasteiger partial charge in [-0.05, 0) is 12.8 Å². The second-order valence-corrected chi connectivity index (χ2v) is 4.44. The van der Waals surface area contributed by atoms with Crippen LogP contribution in [0.25, 0.3) is 0 Å². The Bertz CT molecular complexity index is 217. The summed E-state index contributed by atoms with van der Waals surface area (Å²) < 4.78 is 0. The standard InChI is InChI=1S/C13H26N2O2/c1-2-3-4-5-6-7-11-15-13(17)10-8-9-12(14)16/h2-11H2,1H3,(H2,14,16)(H,15,17). The van der Waals surface area contributed by atoms with Gasteiger partial charge in [0.1, 0.15) is 0 Å². The lowest BCUT2D eigenvalue weighted by Crippen LogP contribution is -2.24. The molecule has 0 fully saturated rings. The van der Waals surface area contributed by atoms with Crippen molar-refractivity contribution in [3.63, 3.8) is 0 Å². The van der Waals surface area contributed by atoms with Crippen molar-refractivity contribution < 1.29 is 9.59 Å². The minimum Gasteiger partial charge on any atom is -0.370 e. The maximum Gasteiger partial charge on any atom is 0.220 e.